The van der Waals surface area contributed by atoms with Crippen LogP contribution in [0.3, 0.4) is 0 Å². The van der Waals surface area contributed by atoms with Crippen LogP contribution in [0.15, 0.2) is 48.5 Å². The maximum absolute atomic E-state index is 12.9. The zero-order valence-electron chi connectivity index (χ0n) is 13.6. The van der Waals surface area contributed by atoms with Crippen LogP contribution in [0.25, 0.3) is 0 Å². The van der Waals surface area contributed by atoms with Gasteiger partial charge in [0.2, 0.25) is 0 Å². The van der Waals surface area contributed by atoms with Crippen LogP contribution in [-0.2, 0) is 16.9 Å². The third-order valence-corrected chi connectivity index (χ3v) is 4.25. The summed E-state index contributed by atoms with van der Waals surface area (Å²) >= 11 is 0. The molecular weight excluding hydrogens is 288 g/mol. The van der Waals surface area contributed by atoms with E-state index in [0.717, 1.165) is 22.3 Å². The Labute approximate surface area is 136 Å². The molecule has 2 aromatic carbocycles. The largest absolute Gasteiger partial charge is 0.325 e. The highest BCUT2D eigenvalue weighted by Crippen LogP contribution is 2.29. The highest BCUT2D eigenvalue weighted by Gasteiger charge is 2.48. The summed E-state index contributed by atoms with van der Waals surface area (Å²) in [7, 11) is 0. The van der Waals surface area contributed by atoms with E-state index in [4.69, 9.17) is 0 Å². The van der Waals surface area contributed by atoms with Crippen molar-refractivity contribution in [3.05, 3.63) is 70.8 Å². The second kappa shape index (κ2) is 5.54. The Balaban J connectivity index is 1.90. The highest BCUT2D eigenvalue weighted by molar-refractivity contribution is 6.07. The molecule has 0 aromatic heterocycles. The molecule has 0 saturated carbocycles. The van der Waals surface area contributed by atoms with Gasteiger partial charge in [-0.15, -0.1) is 0 Å². The molecule has 2 aromatic rings. The van der Waals surface area contributed by atoms with Gasteiger partial charge in [-0.1, -0.05) is 59.7 Å². The molecule has 0 unspecified atom stereocenters. The van der Waals surface area contributed by atoms with E-state index < -0.39 is 5.54 Å². The van der Waals surface area contributed by atoms with Crippen LogP contribution < -0.4 is 5.32 Å². The van der Waals surface area contributed by atoms with Gasteiger partial charge in [-0.25, -0.2) is 4.79 Å². The van der Waals surface area contributed by atoms with Crippen molar-refractivity contribution in [3.8, 4) is 0 Å². The minimum absolute atomic E-state index is 0.215. The maximum Gasteiger partial charge on any atom is 0.325 e. The number of hydrogen-bond acceptors (Lipinski definition) is 2. The number of nitrogens with zero attached hydrogens (tertiary/aromatic N) is 1. The van der Waals surface area contributed by atoms with Gasteiger partial charge in [0.25, 0.3) is 5.91 Å². The molecule has 118 valence electrons. The third kappa shape index (κ3) is 2.72. The van der Waals surface area contributed by atoms with Crippen LogP contribution in [-0.4, -0.2) is 16.8 Å². The van der Waals surface area contributed by atoms with E-state index in [1.54, 1.807) is 6.92 Å². The average Bonchev–Trinajstić information content (AvgIpc) is 2.72. The van der Waals surface area contributed by atoms with Crippen LogP contribution in [0.2, 0.25) is 0 Å². The lowest BCUT2D eigenvalue weighted by Crippen LogP contribution is -2.40. The summed E-state index contributed by atoms with van der Waals surface area (Å²) in [5.41, 5.74) is 3.00. The summed E-state index contributed by atoms with van der Waals surface area (Å²) in [5, 5.41) is 2.83. The summed E-state index contributed by atoms with van der Waals surface area (Å²) < 4.78 is 0. The van der Waals surface area contributed by atoms with Crippen LogP contribution in [0.5, 0.6) is 0 Å². The highest BCUT2D eigenvalue weighted by atomic mass is 16.2. The van der Waals surface area contributed by atoms with Crippen molar-refractivity contribution in [2.45, 2.75) is 32.9 Å². The van der Waals surface area contributed by atoms with Gasteiger partial charge in [-0.3, -0.25) is 9.69 Å². The topological polar surface area (TPSA) is 49.4 Å². The number of urea groups is 1. The molecule has 3 amide bonds. The van der Waals surface area contributed by atoms with Crippen molar-refractivity contribution in [2.75, 3.05) is 0 Å². The molecule has 1 N–H and O–H groups in total. The van der Waals surface area contributed by atoms with E-state index in [1.165, 1.54) is 4.90 Å². The number of hydrogen-bond donors (Lipinski definition) is 1. The molecule has 1 fully saturated rings. The number of rotatable bonds is 3. The molecular formula is C19H20N2O2. The van der Waals surface area contributed by atoms with Gasteiger partial charge in [0, 0.05) is 0 Å². The number of benzene rings is 2. The summed E-state index contributed by atoms with van der Waals surface area (Å²) in [6.45, 7) is 6.06. The molecule has 4 heteroatoms. The Morgan fingerprint density at radius 2 is 1.61 bits per heavy atom. The third-order valence-electron chi connectivity index (χ3n) is 4.25. The second-order valence-electron chi connectivity index (χ2n) is 6.31. The Morgan fingerprint density at radius 3 is 2.22 bits per heavy atom. The first-order chi connectivity index (χ1) is 10.9. The number of aryl methyl sites for hydroxylation is 2. The SMILES string of the molecule is Cc1cc(C)cc(CN2C(=O)N[C@](C)(c3ccccc3)C2=O)c1. The minimum Gasteiger partial charge on any atom is -0.319 e. The molecule has 3 rings (SSSR count). The molecule has 1 heterocycles. The van der Waals surface area contributed by atoms with Crippen molar-refractivity contribution in [1.29, 1.82) is 0 Å². The molecule has 4 nitrogen and oxygen atoms in total. The van der Waals surface area contributed by atoms with Crippen molar-refractivity contribution in [1.82, 2.24) is 10.2 Å². The van der Waals surface area contributed by atoms with Gasteiger partial charge >= 0.3 is 6.03 Å². The van der Waals surface area contributed by atoms with Gasteiger partial charge < -0.3 is 5.32 Å². The molecule has 0 bridgehead atoms. The van der Waals surface area contributed by atoms with E-state index in [2.05, 4.69) is 11.4 Å². The van der Waals surface area contributed by atoms with Crippen molar-refractivity contribution < 1.29 is 9.59 Å². The maximum atomic E-state index is 12.9. The molecule has 0 spiro atoms. The Kier molecular flexibility index (Phi) is 3.68. The zero-order valence-corrected chi connectivity index (χ0v) is 13.6. The van der Waals surface area contributed by atoms with E-state index in [9.17, 15) is 9.59 Å². The first-order valence-corrected chi connectivity index (χ1v) is 7.67. The van der Waals surface area contributed by atoms with E-state index in [-0.39, 0.29) is 18.5 Å². The van der Waals surface area contributed by atoms with E-state index in [0.29, 0.717) is 0 Å². The fourth-order valence-corrected chi connectivity index (χ4v) is 3.15. The first-order valence-electron chi connectivity index (χ1n) is 7.67. The van der Waals surface area contributed by atoms with Crippen molar-refractivity contribution >= 4 is 11.9 Å². The number of carbonyl (C=O) groups excluding carboxylic acids is 2. The van der Waals surface area contributed by atoms with Gasteiger partial charge in [-0.05, 0) is 31.9 Å². The fraction of sp³-hybridized carbons (Fsp3) is 0.263. The van der Waals surface area contributed by atoms with Crippen molar-refractivity contribution in [3.63, 3.8) is 0 Å². The molecule has 1 aliphatic rings. The number of imide groups is 1. The Bertz CT molecular complexity index is 750. The Morgan fingerprint density at radius 1 is 1.00 bits per heavy atom. The molecule has 0 aliphatic carbocycles. The summed E-state index contributed by atoms with van der Waals surface area (Å²) in [6, 6.07) is 15.1. The lowest BCUT2D eigenvalue weighted by Gasteiger charge is -2.22. The van der Waals surface area contributed by atoms with Gasteiger partial charge in [0.15, 0.2) is 0 Å². The van der Waals surface area contributed by atoms with Gasteiger partial charge in [0.1, 0.15) is 5.54 Å². The summed E-state index contributed by atoms with van der Waals surface area (Å²) in [5.74, 6) is -0.215. The molecule has 1 aliphatic heterocycles. The monoisotopic (exact) mass is 308 g/mol. The molecule has 1 atom stereocenters. The average molecular weight is 308 g/mol. The Hall–Kier alpha value is -2.62. The summed E-state index contributed by atoms with van der Waals surface area (Å²) in [4.78, 5) is 26.5. The number of carbonyl (C=O) groups is 2. The minimum atomic E-state index is -1.00. The van der Waals surface area contributed by atoms with Crippen LogP contribution in [0, 0.1) is 13.8 Å². The standard InChI is InChI=1S/C19H20N2O2/c1-13-9-14(2)11-15(10-13)12-21-17(22)19(3,20-18(21)23)16-7-5-4-6-8-16/h4-11H,12H2,1-3H3,(H,20,23)/t19-/m1/s1. The van der Waals surface area contributed by atoms with Crippen LogP contribution in [0.4, 0.5) is 4.79 Å². The fourth-order valence-electron chi connectivity index (χ4n) is 3.15. The van der Waals surface area contributed by atoms with Crippen molar-refractivity contribution in [2.24, 2.45) is 0 Å². The predicted octanol–water partition coefficient (Wildman–Crippen LogP) is 3.27. The lowest BCUT2D eigenvalue weighted by atomic mass is 9.92. The summed E-state index contributed by atoms with van der Waals surface area (Å²) in [6.07, 6.45) is 0. The molecule has 0 radical (unpaired) electrons. The molecule has 1 saturated heterocycles. The second-order valence-corrected chi connectivity index (χ2v) is 6.31. The number of amides is 3. The number of nitrogens with one attached hydrogen (secondary N) is 1. The van der Waals surface area contributed by atoms with Gasteiger partial charge in [0.05, 0.1) is 6.54 Å². The van der Waals surface area contributed by atoms with Gasteiger partial charge in [-0.2, -0.15) is 0 Å². The lowest BCUT2D eigenvalue weighted by molar-refractivity contribution is -0.131. The van der Waals surface area contributed by atoms with Crippen LogP contribution in [0.1, 0.15) is 29.2 Å². The van der Waals surface area contributed by atoms with E-state index in [1.807, 2.05) is 56.3 Å². The van der Waals surface area contributed by atoms with Crippen LogP contribution >= 0.6 is 0 Å². The first kappa shape index (κ1) is 15.3. The smallest absolute Gasteiger partial charge is 0.319 e. The quantitative estimate of drug-likeness (QED) is 0.885. The molecule has 23 heavy (non-hydrogen) atoms. The predicted molar refractivity (Wildman–Crippen MR) is 88.8 cm³/mol. The van der Waals surface area contributed by atoms with E-state index >= 15 is 0 Å². The normalized spacial score (nSPS) is 20.7. The zero-order chi connectivity index (χ0) is 16.6.